The Bertz CT molecular complexity index is 1020. The number of carbonyl (C=O) groups excluding carboxylic acids is 1. The first kappa shape index (κ1) is 24.2. The maximum atomic E-state index is 13.0. The molecule has 1 heterocycles. The van der Waals surface area contributed by atoms with Crippen molar-refractivity contribution in [1.82, 2.24) is 0 Å². The van der Waals surface area contributed by atoms with Gasteiger partial charge in [0.1, 0.15) is 18.5 Å². The van der Waals surface area contributed by atoms with Crippen LogP contribution >= 0.6 is 11.3 Å². The molecule has 3 aromatic rings. The molecular weight excluding hydrogens is 420 g/mol. The van der Waals surface area contributed by atoms with Crippen molar-refractivity contribution in [3.8, 4) is 16.9 Å². The number of aryl methyl sites for hydroxylation is 4. The SMILES string of the molecule is CCCc1sc(C(=O)CCc2cc(C)c(OC[C@@H](O)CO)c(C)c2)cc1-c1ccccc1. The molecule has 0 saturated carbocycles. The fraction of sp³-hybridized carbons (Fsp3) is 0.370. The van der Waals surface area contributed by atoms with Crippen LogP contribution in [0.2, 0.25) is 0 Å². The lowest BCUT2D eigenvalue weighted by molar-refractivity contribution is 0.0531. The van der Waals surface area contributed by atoms with Crippen molar-refractivity contribution < 1.29 is 19.7 Å². The predicted octanol–water partition coefficient (Wildman–Crippen LogP) is 5.53. The van der Waals surface area contributed by atoms with Crippen LogP contribution in [0, 0.1) is 13.8 Å². The van der Waals surface area contributed by atoms with Gasteiger partial charge >= 0.3 is 0 Å². The molecule has 0 saturated heterocycles. The van der Waals surface area contributed by atoms with E-state index in [4.69, 9.17) is 9.84 Å². The van der Waals surface area contributed by atoms with Crippen molar-refractivity contribution in [3.05, 3.63) is 75.0 Å². The first-order valence-corrected chi connectivity index (χ1v) is 12.0. The van der Waals surface area contributed by atoms with Gasteiger partial charge in [-0.15, -0.1) is 11.3 Å². The maximum Gasteiger partial charge on any atom is 0.173 e. The number of ether oxygens (including phenoxy) is 1. The van der Waals surface area contributed by atoms with E-state index in [0.717, 1.165) is 40.2 Å². The minimum atomic E-state index is -0.893. The number of aliphatic hydroxyl groups is 2. The quantitative estimate of drug-likeness (QED) is 0.375. The molecule has 32 heavy (non-hydrogen) atoms. The molecule has 0 aliphatic carbocycles. The Morgan fingerprint density at radius 3 is 2.38 bits per heavy atom. The highest BCUT2D eigenvalue weighted by Gasteiger charge is 2.16. The van der Waals surface area contributed by atoms with Crippen molar-refractivity contribution in [1.29, 1.82) is 0 Å². The number of thiophene rings is 1. The second-order valence-electron chi connectivity index (χ2n) is 8.19. The van der Waals surface area contributed by atoms with E-state index in [1.807, 2.05) is 44.2 Å². The van der Waals surface area contributed by atoms with E-state index < -0.39 is 6.10 Å². The van der Waals surface area contributed by atoms with E-state index in [0.29, 0.717) is 12.8 Å². The first-order valence-electron chi connectivity index (χ1n) is 11.2. The normalized spacial score (nSPS) is 12.0. The molecule has 0 spiro atoms. The number of hydrogen-bond acceptors (Lipinski definition) is 5. The molecule has 5 heteroatoms. The highest BCUT2D eigenvalue weighted by atomic mass is 32.1. The summed E-state index contributed by atoms with van der Waals surface area (Å²) in [5, 5.41) is 18.5. The van der Waals surface area contributed by atoms with Crippen LogP contribution in [0.15, 0.2) is 48.5 Å². The lowest BCUT2D eigenvalue weighted by Crippen LogP contribution is -2.21. The molecule has 4 nitrogen and oxygen atoms in total. The lowest BCUT2D eigenvalue weighted by atomic mass is 10.00. The van der Waals surface area contributed by atoms with E-state index in [1.54, 1.807) is 11.3 Å². The fourth-order valence-electron chi connectivity index (χ4n) is 3.87. The van der Waals surface area contributed by atoms with Crippen LogP contribution in [-0.4, -0.2) is 35.3 Å². The average molecular weight is 453 g/mol. The Kier molecular flexibility index (Phi) is 8.62. The summed E-state index contributed by atoms with van der Waals surface area (Å²) < 4.78 is 5.68. The van der Waals surface area contributed by atoms with Gasteiger partial charge in [-0.05, 0) is 60.6 Å². The molecule has 0 unspecified atom stereocenters. The minimum Gasteiger partial charge on any atom is -0.490 e. The Labute approximate surface area is 194 Å². The third kappa shape index (κ3) is 6.06. The third-order valence-electron chi connectivity index (χ3n) is 5.44. The Morgan fingerprint density at radius 1 is 1.06 bits per heavy atom. The molecule has 1 atom stereocenters. The van der Waals surface area contributed by atoms with E-state index in [9.17, 15) is 9.90 Å². The summed E-state index contributed by atoms with van der Waals surface area (Å²) in [6.07, 6.45) is 2.27. The van der Waals surface area contributed by atoms with Gasteiger partial charge in [0.2, 0.25) is 0 Å². The smallest absolute Gasteiger partial charge is 0.173 e. The van der Waals surface area contributed by atoms with Gasteiger partial charge in [-0.25, -0.2) is 0 Å². The number of rotatable bonds is 11. The number of carbonyl (C=O) groups is 1. The van der Waals surface area contributed by atoms with E-state index in [-0.39, 0.29) is 19.0 Å². The molecule has 0 bridgehead atoms. The van der Waals surface area contributed by atoms with E-state index >= 15 is 0 Å². The zero-order chi connectivity index (χ0) is 23.1. The molecule has 3 rings (SSSR count). The van der Waals surface area contributed by atoms with Crippen LogP contribution in [0.25, 0.3) is 11.1 Å². The van der Waals surface area contributed by atoms with Crippen LogP contribution in [0.4, 0.5) is 0 Å². The van der Waals surface area contributed by atoms with Gasteiger partial charge in [-0.2, -0.15) is 0 Å². The van der Waals surface area contributed by atoms with Gasteiger partial charge in [-0.3, -0.25) is 4.79 Å². The van der Waals surface area contributed by atoms with Crippen LogP contribution in [0.5, 0.6) is 5.75 Å². The van der Waals surface area contributed by atoms with E-state index in [2.05, 4.69) is 25.1 Å². The van der Waals surface area contributed by atoms with Crippen LogP contribution < -0.4 is 4.74 Å². The largest absolute Gasteiger partial charge is 0.490 e. The molecular formula is C27H32O4S. The number of aliphatic hydroxyl groups excluding tert-OH is 2. The number of ketones is 1. The van der Waals surface area contributed by atoms with Crippen molar-refractivity contribution in [2.45, 2.75) is 52.6 Å². The zero-order valence-corrected chi connectivity index (χ0v) is 19.9. The van der Waals surface area contributed by atoms with Gasteiger partial charge < -0.3 is 14.9 Å². The lowest BCUT2D eigenvalue weighted by Gasteiger charge is -2.15. The van der Waals surface area contributed by atoms with Gasteiger partial charge in [0.25, 0.3) is 0 Å². The average Bonchev–Trinajstić information content (AvgIpc) is 3.21. The zero-order valence-electron chi connectivity index (χ0n) is 19.1. The van der Waals surface area contributed by atoms with Gasteiger partial charge in [0.15, 0.2) is 5.78 Å². The summed E-state index contributed by atoms with van der Waals surface area (Å²) in [7, 11) is 0. The Morgan fingerprint density at radius 2 is 1.75 bits per heavy atom. The van der Waals surface area contributed by atoms with Gasteiger partial charge in [-0.1, -0.05) is 55.8 Å². The maximum absolute atomic E-state index is 13.0. The Hall–Kier alpha value is -2.47. The highest BCUT2D eigenvalue weighted by Crippen LogP contribution is 2.33. The van der Waals surface area contributed by atoms with Crippen LogP contribution in [0.3, 0.4) is 0 Å². The summed E-state index contributed by atoms with van der Waals surface area (Å²) in [5.74, 6) is 0.902. The minimum absolute atomic E-state index is 0.0538. The second kappa shape index (κ2) is 11.4. The predicted molar refractivity (Wildman–Crippen MR) is 131 cm³/mol. The molecule has 0 aliphatic heterocycles. The molecule has 0 radical (unpaired) electrons. The van der Waals surface area contributed by atoms with Crippen LogP contribution in [0.1, 0.15) is 51.0 Å². The number of hydrogen-bond donors (Lipinski definition) is 2. The van der Waals surface area contributed by atoms with Crippen molar-refractivity contribution in [3.63, 3.8) is 0 Å². The molecule has 1 aromatic heterocycles. The van der Waals surface area contributed by atoms with Gasteiger partial charge in [0, 0.05) is 11.3 Å². The Balaban J connectivity index is 1.70. The summed E-state index contributed by atoms with van der Waals surface area (Å²) in [6.45, 7) is 5.81. The van der Waals surface area contributed by atoms with Crippen molar-refractivity contribution in [2.24, 2.45) is 0 Å². The van der Waals surface area contributed by atoms with Crippen molar-refractivity contribution in [2.75, 3.05) is 13.2 Å². The van der Waals surface area contributed by atoms with Crippen molar-refractivity contribution >= 4 is 17.1 Å². The molecule has 0 fully saturated rings. The summed E-state index contributed by atoms with van der Waals surface area (Å²) in [4.78, 5) is 15.1. The molecule has 2 aromatic carbocycles. The topological polar surface area (TPSA) is 66.8 Å². The summed E-state index contributed by atoms with van der Waals surface area (Å²) in [5.41, 5.74) is 5.37. The molecule has 0 amide bonds. The molecule has 2 N–H and O–H groups in total. The third-order valence-corrected chi connectivity index (χ3v) is 6.67. The fourth-order valence-corrected chi connectivity index (χ4v) is 5.12. The number of benzene rings is 2. The van der Waals surface area contributed by atoms with Gasteiger partial charge in [0.05, 0.1) is 11.5 Å². The molecule has 170 valence electrons. The molecule has 0 aliphatic rings. The van der Waals surface area contributed by atoms with E-state index in [1.165, 1.54) is 16.0 Å². The second-order valence-corrected chi connectivity index (χ2v) is 9.33. The summed E-state index contributed by atoms with van der Waals surface area (Å²) in [6, 6.07) is 16.4. The standard InChI is InChI=1S/C27H32O4S/c1-4-8-25-23(21-9-6-5-7-10-21)15-26(32-25)24(30)12-11-20-13-18(2)27(19(3)14-20)31-17-22(29)16-28/h5-7,9-10,13-15,22,28-29H,4,8,11-12,16-17H2,1-3H3/t22-/m0/s1. The highest BCUT2D eigenvalue weighted by molar-refractivity contribution is 7.14. The number of Topliss-reactive ketones (excluding diaryl/α,β-unsaturated/α-hetero) is 1. The first-order chi connectivity index (χ1) is 15.4. The summed E-state index contributed by atoms with van der Waals surface area (Å²) >= 11 is 1.63. The monoisotopic (exact) mass is 452 g/mol. The van der Waals surface area contributed by atoms with Crippen LogP contribution in [-0.2, 0) is 12.8 Å².